The predicted octanol–water partition coefficient (Wildman–Crippen LogP) is 0.194. The average molecular weight is 273 g/mol. The van der Waals surface area contributed by atoms with Gasteiger partial charge in [0, 0.05) is 18.8 Å². The minimum atomic E-state index is -0.432. The SMILES string of the molecule is O=C(Nc1ccc(-n2cncn2)cc1)[C@H]1CNCCO1. The lowest BCUT2D eigenvalue weighted by Gasteiger charge is -2.22. The maximum Gasteiger partial charge on any atom is 0.254 e. The molecule has 1 aromatic heterocycles. The molecule has 1 atom stereocenters. The van der Waals surface area contributed by atoms with Crippen LogP contribution in [-0.2, 0) is 9.53 Å². The summed E-state index contributed by atoms with van der Waals surface area (Å²) >= 11 is 0. The number of morpholine rings is 1. The number of carbonyl (C=O) groups is 1. The fourth-order valence-electron chi connectivity index (χ4n) is 2.00. The summed E-state index contributed by atoms with van der Waals surface area (Å²) in [6.07, 6.45) is 2.66. The maximum absolute atomic E-state index is 12.0. The second-order valence-corrected chi connectivity index (χ2v) is 4.44. The van der Waals surface area contributed by atoms with E-state index in [1.807, 2.05) is 24.3 Å². The van der Waals surface area contributed by atoms with Gasteiger partial charge in [-0.25, -0.2) is 9.67 Å². The van der Waals surface area contributed by atoms with Gasteiger partial charge in [0.25, 0.3) is 5.91 Å². The van der Waals surface area contributed by atoms with E-state index in [0.717, 1.165) is 17.9 Å². The van der Waals surface area contributed by atoms with Crippen LogP contribution < -0.4 is 10.6 Å². The van der Waals surface area contributed by atoms with Gasteiger partial charge >= 0.3 is 0 Å². The number of ether oxygens (including phenoxy) is 1. The van der Waals surface area contributed by atoms with E-state index in [9.17, 15) is 4.79 Å². The first-order valence-electron chi connectivity index (χ1n) is 6.41. The lowest BCUT2D eigenvalue weighted by atomic mass is 10.2. The Kier molecular flexibility index (Phi) is 3.71. The topological polar surface area (TPSA) is 81.1 Å². The lowest BCUT2D eigenvalue weighted by molar-refractivity contribution is -0.128. The summed E-state index contributed by atoms with van der Waals surface area (Å²) in [4.78, 5) is 15.9. The molecule has 2 aromatic rings. The third-order valence-electron chi connectivity index (χ3n) is 3.04. The van der Waals surface area contributed by atoms with Crippen LogP contribution in [0.4, 0.5) is 5.69 Å². The van der Waals surface area contributed by atoms with Gasteiger partial charge in [0.05, 0.1) is 12.3 Å². The van der Waals surface area contributed by atoms with Crippen molar-refractivity contribution in [3.63, 3.8) is 0 Å². The molecule has 3 rings (SSSR count). The minimum Gasteiger partial charge on any atom is -0.366 e. The first-order valence-corrected chi connectivity index (χ1v) is 6.41. The molecule has 0 aliphatic carbocycles. The van der Waals surface area contributed by atoms with Crippen molar-refractivity contribution in [2.24, 2.45) is 0 Å². The highest BCUT2D eigenvalue weighted by Gasteiger charge is 2.21. The van der Waals surface area contributed by atoms with Crippen molar-refractivity contribution in [2.45, 2.75) is 6.10 Å². The summed E-state index contributed by atoms with van der Waals surface area (Å²) in [6, 6.07) is 7.38. The molecule has 20 heavy (non-hydrogen) atoms. The van der Waals surface area contributed by atoms with Gasteiger partial charge in [-0.3, -0.25) is 4.79 Å². The Labute approximate surface area is 116 Å². The largest absolute Gasteiger partial charge is 0.366 e. The molecule has 0 bridgehead atoms. The number of benzene rings is 1. The zero-order valence-electron chi connectivity index (χ0n) is 10.8. The van der Waals surface area contributed by atoms with Gasteiger partial charge in [0.2, 0.25) is 0 Å². The highest BCUT2D eigenvalue weighted by atomic mass is 16.5. The molecule has 0 unspecified atom stereocenters. The zero-order valence-corrected chi connectivity index (χ0v) is 10.8. The summed E-state index contributed by atoms with van der Waals surface area (Å²) in [7, 11) is 0. The van der Waals surface area contributed by atoms with Crippen LogP contribution in [0.25, 0.3) is 5.69 Å². The molecule has 1 fully saturated rings. The number of nitrogens with zero attached hydrogens (tertiary/aromatic N) is 3. The van der Waals surface area contributed by atoms with Crippen LogP contribution in [0.15, 0.2) is 36.9 Å². The standard InChI is InChI=1S/C13H15N5O2/c19-13(12-7-14-5-6-20-12)17-10-1-3-11(4-2-10)18-9-15-8-16-18/h1-4,8-9,12,14H,5-7H2,(H,17,19)/t12-/m1/s1. The Morgan fingerprint density at radius 2 is 2.25 bits per heavy atom. The second kappa shape index (κ2) is 5.81. The van der Waals surface area contributed by atoms with Crippen LogP contribution in [-0.4, -0.2) is 46.5 Å². The lowest BCUT2D eigenvalue weighted by Crippen LogP contribution is -2.45. The molecule has 0 radical (unpaired) electrons. The Morgan fingerprint density at radius 1 is 1.40 bits per heavy atom. The van der Waals surface area contributed by atoms with Crippen LogP contribution in [0, 0.1) is 0 Å². The number of carbonyl (C=O) groups excluding carboxylic acids is 1. The van der Waals surface area contributed by atoms with E-state index in [2.05, 4.69) is 20.7 Å². The molecule has 1 saturated heterocycles. The quantitative estimate of drug-likeness (QED) is 0.834. The van der Waals surface area contributed by atoms with Gasteiger partial charge in [-0.15, -0.1) is 0 Å². The summed E-state index contributed by atoms with van der Waals surface area (Å²) < 4.78 is 7.05. The molecule has 1 aromatic carbocycles. The Bertz CT molecular complexity index is 561. The number of hydrogen-bond donors (Lipinski definition) is 2. The molecule has 1 amide bonds. The van der Waals surface area contributed by atoms with Gasteiger partial charge in [-0.05, 0) is 24.3 Å². The molecule has 7 nitrogen and oxygen atoms in total. The molecule has 1 aliphatic heterocycles. The fraction of sp³-hybridized carbons (Fsp3) is 0.308. The van der Waals surface area contributed by atoms with E-state index in [4.69, 9.17) is 4.74 Å². The monoisotopic (exact) mass is 273 g/mol. The van der Waals surface area contributed by atoms with Crippen molar-refractivity contribution in [2.75, 3.05) is 25.0 Å². The van der Waals surface area contributed by atoms with Gasteiger partial charge in [-0.1, -0.05) is 0 Å². The van der Waals surface area contributed by atoms with E-state index < -0.39 is 6.10 Å². The van der Waals surface area contributed by atoms with E-state index in [1.165, 1.54) is 6.33 Å². The summed E-state index contributed by atoms with van der Waals surface area (Å²) in [5, 5.41) is 10.0. The zero-order chi connectivity index (χ0) is 13.8. The second-order valence-electron chi connectivity index (χ2n) is 4.44. The first kappa shape index (κ1) is 12.8. The summed E-state index contributed by atoms with van der Waals surface area (Å²) in [5.74, 6) is -0.134. The number of anilines is 1. The van der Waals surface area contributed by atoms with E-state index in [-0.39, 0.29) is 5.91 Å². The van der Waals surface area contributed by atoms with Crippen molar-refractivity contribution >= 4 is 11.6 Å². The molecule has 0 saturated carbocycles. The van der Waals surface area contributed by atoms with Crippen molar-refractivity contribution in [1.29, 1.82) is 0 Å². The van der Waals surface area contributed by atoms with E-state index >= 15 is 0 Å². The van der Waals surface area contributed by atoms with Crippen molar-refractivity contribution < 1.29 is 9.53 Å². The van der Waals surface area contributed by atoms with Gasteiger partial charge in [0.1, 0.15) is 18.8 Å². The van der Waals surface area contributed by atoms with Crippen LogP contribution in [0.1, 0.15) is 0 Å². The molecular weight excluding hydrogens is 258 g/mol. The summed E-state index contributed by atoms with van der Waals surface area (Å²) in [6.45, 7) is 1.89. The molecule has 104 valence electrons. The van der Waals surface area contributed by atoms with Crippen LogP contribution in [0.5, 0.6) is 0 Å². The van der Waals surface area contributed by atoms with Crippen molar-refractivity contribution in [1.82, 2.24) is 20.1 Å². The molecule has 7 heteroatoms. The highest BCUT2D eigenvalue weighted by molar-refractivity contribution is 5.94. The smallest absolute Gasteiger partial charge is 0.254 e. The minimum absolute atomic E-state index is 0.134. The first-order chi connectivity index (χ1) is 9.83. The fourth-order valence-corrected chi connectivity index (χ4v) is 2.00. The third-order valence-corrected chi connectivity index (χ3v) is 3.04. The number of amides is 1. The Morgan fingerprint density at radius 3 is 2.90 bits per heavy atom. The molecule has 2 N–H and O–H groups in total. The number of aromatic nitrogens is 3. The summed E-state index contributed by atoms with van der Waals surface area (Å²) in [5.41, 5.74) is 1.61. The Hall–Kier alpha value is -2.25. The van der Waals surface area contributed by atoms with Gasteiger partial charge in [-0.2, -0.15) is 5.10 Å². The van der Waals surface area contributed by atoms with Gasteiger partial charge in [0.15, 0.2) is 0 Å². The molecule has 2 heterocycles. The Balaban J connectivity index is 1.64. The predicted molar refractivity (Wildman–Crippen MR) is 72.6 cm³/mol. The van der Waals surface area contributed by atoms with E-state index in [0.29, 0.717) is 13.2 Å². The maximum atomic E-state index is 12.0. The normalized spacial score (nSPS) is 18.7. The molecule has 0 spiro atoms. The van der Waals surface area contributed by atoms with Crippen LogP contribution in [0.2, 0.25) is 0 Å². The van der Waals surface area contributed by atoms with Crippen molar-refractivity contribution in [3.8, 4) is 5.69 Å². The third kappa shape index (κ3) is 2.84. The average Bonchev–Trinajstić information content (AvgIpc) is 3.03. The number of rotatable bonds is 3. The molecule has 1 aliphatic rings. The number of hydrogen-bond acceptors (Lipinski definition) is 5. The molecular formula is C13H15N5O2. The van der Waals surface area contributed by atoms with Crippen LogP contribution in [0.3, 0.4) is 0 Å². The van der Waals surface area contributed by atoms with Crippen molar-refractivity contribution in [3.05, 3.63) is 36.9 Å². The van der Waals surface area contributed by atoms with Gasteiger partial charge < -0.3 is 15.4 Å². The van der Waals surface area contributed by atoms with E-state index in [1.54, 1.807) is 11.0 Å². The highest BCUT2D eigenvalue weighted by Crippen LogP contribution is 2.13. The number of nitrogens with one attached hydrogen (secondary N) is 2. The van der Waals surface area contributed by atoms with Crippen LogP contribution >= 0.6 is 0 Å².